The molecule has 154 valence electrons. The number of hydrogen-bond donors (Lipinski definition) is 4. The summed E-state index contributed by atoms with van der Waals surface area (Å²) in [5.41, 5.74) is 4.51. The summed E-state index contributed by atoms with van der Waals surface area (Å²) < 4.78 is 1.65. The summed E-state index contributed by atoms with van der Waals surface area (Å²) >= 11 is 0. The maximum Gasteiger partial charge on any atom is 0.223 e. The number of phenolic OH excluding ortho intramolecular Hbond substituents is 1. The van der Waals surface area contributed by atoms with Gasteiger partial charge in [-0.2, -0.15) is 10.2 Å². The number of nitrogens with one attached hydrogen (secondary N) is 2. The quantitative estimate of drug-likeness (QED) is 0.351. The molecule has 0 spiro atoms. The molecule has 0 fully saturated rings. The van der Waals surface area contributed by atoms with Crippen LogP contribution in [0.15, 0.2) is 36.7 Å². The standard InChI is InChI=1S/C22H19N7O2/c1-10-4-5-16(30)11(2)19(10)29-20(23)18-17-15(26-12(3)27-21(17)29)8-14(28-22(18)31)13-6-7-24-25-9-13/h4-9,23,30-31H,1-3H3,(H,26,27). The van der Waals surface area contributed by atoms with Gasteiger partial charge in [-0.15, -0.1) is 0 Å². The van der Waals surface area contributed by atoms with Crippen molar-refractivity contribution in [1.29, 1.82) is 5.41 Å². The highest BCUT2D eigenvalue weighted by molar-refractivity contribution is 6.09. The topological polar surface area (TPSA) is 137 Å². The van der Waals surface area contributed by atoms with Crippen molar-refractivity contribution in [3.8, 4) is 28.6 Å². The molecular formula is C22H19N7O2. The van der Waals surface area contributed by atoms with Gasteiger partial charge in [-0.3, -0.25) is 9.98 Å². The monoisotopic (exact) mass is 413 g/mol. The van der Waals surface area contributed by atoms with E-state index in [0.717, 1.165) is 5.56 Å². The maximum atomic E-state index is 10.9. The van der Waals surface area contributed by atoms with Crippen LogP contribution in [-0.2, 0) is 0 Å². The first-order valence-corrected chi connectivity index (χ1v) is 9.63. The minimum Gasteiger partial charge on any atom is -0.508 e. The molecule has 4 N–H and O–H groups in total. The Kier molecular flexibility index (Phi) is 4.01. The number of hydrogen-bond acceptors (Lipinski definition) is 7. The van der Waals surface area contributed by atoms with E-state index >= 15 is 0 Å². The summed E-state index contributed by atoms with van der Waals surface area (Å²) in [4.78, 5) is 12.3. The fourth-order valence-electron chi connectivity index (χ4n) is 4.01. The molecule has 5 rings (SSSR count). The molecule has 0 radical (unpaired) electrons. The van der Waals surface area contributed by atoms with E-state index in [0.29, 0.717) is 44.9 Å². The molecule has 4 aromatic heterocycles. The van der Waals surface area contributed by atoms with Crippen molar-refractivity contribution in [1.82, 2.24) is 29.7 Å². The molecule has 0 aliphatic carbocycles. The number of benzene rings is 1. The van der Waals surface area contributed by atoms with Crippen LogP contribution in [0.3, 0.4) is 0 Å². The lowest BCUT2D eigenvalue weighted by molar-refractivity contribution is 0.461. The Morgan fingerprint density at radius 1 is 1.00 bits per heavy atom. The number of H-pyrrole nitrogens is 1. The Morgan fingerprint density at radius 3 is 2.55 bits per heavy atom. The van der Waals surface area contributed by atoms with Crippen molar-refractivity contribution in [3.63, 3.8) is 0 Å². The van der Waals surface area contributed by atoms with Crippen LogP contribution in [0.2, 0.25) is 0 Å². The van der Waals surface area contributed by atoms with Gasteiger partial charge in [-0.1, -0.05) is 6.07 Å². The predicted octanol–water partition coefficient (Wildman–Crippen LogP) is 3.17. The Morgan fingerprint density at radius 2 is 1.81 bits per heavy atom. The van der Waals surface area contributed by atoms with Crippen LogP contribution in [0, 0.1) is 26.2 Å². The molecular weight excluding hydrogens is 394 g/mol. The summed E-state index contributed by atoms with van der Waals surface area (Å²) in [6, 6.07) is 6.96. The normalized spacial score (nSPS) is 11.5. The first-order valence-electron chi connectivity index (χ1n) is 9.63. The van der Waals surface area contributed by atoms with E-state index in [1.807, 2.05) is 13.8 Å². The highest BCUT2D eigenvalue weighted by Crippen LogP contribution is 2.34. The minimum absolute atomic E-state index is 0.0308. The van der Waals surface area contributed by atoms with Crippen molar-refractivity contribution in [2.75, 3.05) is 0 Å². The second-order valence-corrected chi connectivity index (χ2v) is 7.46. The van der Waals surface area contributed by atoms with Crippen LogP contribution in [-0.4, -0.2) is 39.9 Å². The number of nitrogens with zero attached hydrogens (tertiary/aromatic N) is 5. The SMILES string of the molecule is Cc1nc2c3c(cc(-c4ccnnc4)nc(O)c3c(=N)n2-c2c(C)ccc(O)c2C)[nH]1. The van der Waals surface area contributed by atoms with E-state index < -0.39 is 0 Å². The summed E-state index contributed by atoms with van der Waals surface area (Å²) in [6.45, 7) is 5.52. The van der Waals surface area contributed by atoms with Gasteiger partial charge in [-0.05, 0) is 44.5 Å². The molecule has 0 atom stereocenters. The van der Waals surface area contributed by atoms with Gasteiger partial charge >= 0.3 is 0 Å². The summed E-state index contributed by atoms with van der Waals surface area (Å²) in [5.74, 6) is 0.471. The zero-order chi connectivity index (χ0) is 21.9. The third-order valence-electron chi connectivity index (χ3n) is 5.44. The molecule has 0 saturated heterocycles. The lowest BCUT2D eigenvalue weighted by atomic mass is 10.1. The molecule has 0 unspecified atom stereocenters. The lowest BCUT2D eigenvalue weighted by Gasteiger charge is -2.13. The van der Waals surface area contributed by atoms with Crippen molar-refractivity contribution >= 4 is 21.9 Å². The average Bonchev–Trinajstić information content (AvgIpc) is 2.93. The first-order chi connectivity index (χ1) is 14.9. The van der Waals surface area contributed by atoms with E-state index in [1.54, 1.807) is 48.1 Å². The fourth-order valence-corrected chi connectivity index (χ4v) is 4.01. The van der Waals surface area contributed by atoms with E-state index in [-0.39, 0.29) is 22.5 Å². The summed E-state index contributed by atoms with van der Waals surface area (Å²) in [7, 11) is 0. The molecule has 0 saturated carbocycles. The zero-order valence-corrected chi connectivity index (χ0v) is 17.1. The second-order valence-electron chi connectivity index (χ2n) is 7.46. The Labute approximate surface area is 176 Å². The first kappa shape index (κ1) is 18.7. The van der Waals surface area contributed by atoms with E-state index in [9.17, 15) is 10.2 Å². The van der Waals surface area contributed by atoms with Gasteiger partial charge in [0.25, 0.3) is 0 Å². The van der Waals surface area contributed by atoms with Gasteiger partial charge in [0.15, 0.2) is 5.65 Å². The molecule has 9 heteroatoms. The Hall–Kier alpha value is -4.27. The molecule has 0 aliphatic rings. The summed E-state index contributed by atoms with van der Waals surface area (Å²) in [6.07, 6.45) is 3.11. The molecule has 31 heavy (non-hydrogen) atoms. The Balaban J connectivity index is 1.99. The number of rotatable bonds is 2. The molecule has 5 aromatic rings. The summed E-state index contributed by atoms with van der Waals surface area (Å²) in [5, 5.41) is 38.7. The number of aryl methyl sites for hydroxylation is 2. The van der Waals surface area contributed by atoms with Gasteiger partial charge in [0.2, 0.25) is 5.88 Å². The lowest BCUT2D eigenvalue weighted by Crippen LogP contribution is -2.16. The Bertz CT molecular complexity index is 1550. The van der Waals surface area contributed by atoms with Crippen LogP contribution >= 0.6 is 0 Å². The number of aromatic nitrogens is 6. The van der Waals surface area contributed by atoms with Gasteiger partial charge in [0, 0.05) is 11.1 Å². The van der Waals surface area contributed by atoms with E-state index in [1.165, 1.54) is 0 Å². The smallest absolute Gasteiger partial charge is 0.223 e. The van der Waals surface area contributed by atoms with Gasteiger partial charge in [0.1, 0.15) is 17.1 Å². The van der Waals surface area contributed by atoms with E-state index in [2.05, 4.69) is 25.1 Å². The van der Waals surface area contributed by atoms with Crippen LogP contribution in [0.5, 0.6) is 11.6 Å². The van der Waals surface area contributed by atoms with Crippen LogP contribution in [0.25, 0.3) is 38.9 Å². The van der Waals surface area contributed by atoms with Crippen molar-refractivity contribution in [2.24, 2.45) is 0 Å². The van der Waals surface area contributed by atoms with Crippen LogP contribution in [0.4, 0.5) is 0 Å². The number of phenols is 1. The molecule has 1 aromatic carbocycles. The van der Waals surface area contributed by atoms with Gasteiger partial charge in [0.05, 0.1) is 40.1 Å². The second kappa shape index (κ2) is 6.63. The zero-order valence-electron chi connectivity index (χ0n) is 17.1. The maximum absolute atomic E-state index is 10.9. The predicted molar refractivity (Wildman–Crippen MR) is 115 cm³/mol. The van der Waals surface area contributed by atoms with Crippen LogP contribution in [0.1, 0.15) is 17.0 Å². The minimum atomic E-state index is -0.287. The molecule has 0 amide bonds. The van der Waals surface area contributed by atoms with Gasteiger partial charge in [-0.25, -0.2) is 9.97 Å². The van der Waals surface area contributed by atoms with Crippen molar-refractivity contribution in [3.05, 3.63) is 59.1 Å². The molecule has 0 aliphatic heterocycles. The molecule has 0 bridgehead atoms. The number of aromatic amines is 1. The molecule has 4 heterocycles. The third-order valence-corrected chi connectivity index (χ3v) is 5.44. The third kappa shape index (κ3) is 2.74. The largest absolute Gasteiger partial charge is 0.508 e. The fraction of sp³-hybridized carbons (Fsp3) is 0.136. The number of aromatic hydroxyl groups is 2. The molecule has 9 nitrogen and oxygen atoms in total. The van der Waals surface area contributed by atoms with Gasteiger partial charge < -0.3 is 15.2 Å². The van der Waals surface area contributed by atoms with E-state index in [4.69, 9.17) is 5.41 Å². The highest BCUT2D eigenvalue weighted by atomic mass is 16.3. The highest BCUT2D eigenvalue weighted by Gasteiger charge is 2.22. The van der Waals surface area contributed by atoms with Crippen LogP contribution < -0.4 is 5.49 Å². The van der Waals surface area contributed by atoms with Crippen molar-refractivity contribution in [2.45, 2.75) is 20.8 Å². The van der Waals surface area contributed by atoms with Crippen molar-refractivity contribution < 1.29 is 10.2 Å². The average molecular weight is 413 g/mol.